The van der Waals surface area contributed by atoms with Gasteiger partial charge in [0, 0.05) is 31.4 Å². The predicted octanol–water partition coefficient (Wildman–Crippen LogP) is 3.49. The number of methoxy groups -OCH3 is 3. The fourth-order valence-electron chi connectivity index (χ4n) is 2.72. The highest BCUT2D eigenvalue weighted by molar-refractivity contribution is 7.89. The minimum atomic E-state index is -3.49. The van der Waals surface area contributed by atoms with Crippen LogP contribution in [0.2, 0.25) is 0 Å². The molecule has 0 saturated heterocycles. The van der Waals surface area contributed by atoms with Crippen molar-refractivity contribution in [2.24, 2.45) is 4.99 Å². The van der Waals surface area contributed by atoms with Crippen LogP contribution in [0.1, 0.15) is 19.4 Å². The van der Waals surface area contributed by atoms with Crippen molar-refractivity contribution in [2.75, 3.05) is 34.4 Å². The molecule has 28 heavy (non-hydrogen) atoms. The van der Waals surface area contributed by atoms with E-state index in [2.05, 4.69) is 4.99 Å². The van der Waals surface area contributed by atoms with Gasteiger partial charge in [0.25, 0.3) is 0 Å². The predicted molar refractivity (Wildman–Crippen MR) is 110 cm³/mol. The van der Waals surface area contributed by atoms with Gasteiger partial charge in [-0.15, -0.1) is 0 Å². The van der Waals surface area contributed by atoms with Crippen LogP contribution in [0, 0.1) is 0 Å². The van der Waals surface area contributed by atoms with Crippen molar-refractivity contribution >= 4 is 21.9 Å². The van der Waals surface area contributed by atoms with Crippen molar-refractivity contribution in [3.63, 3.8) is 0 Å². The minimum Gasteiger partial charge on any atom is -0.496 e. The molecule has 2 aromatic rings. The van der Waals surface area contributed by atoms with Gasteiger partial charge in [0.05, 0.1) is 37.5 Å². The minimum absolute atomic E-state index is 0.245. The number of benzene rings is 2. The maximum absolute atomic E-state index is 12.6. The number of nitrogens with zero attached hydrogens (tertiary/aromatic N) is 2. The molecule has 152 valence electrons. The van der Waals surface area contributed by atoms with Gasteiger partial charge in [-0.25, -0.2) is 8.42 Å². The molecule has 0 spiro atoms. The number of rotatable bonds is 9. The molecule has 0 unspecified atom stereocenters. The Hall–Kier alpha value is -2.58. The lowest BCUT2D eigenvalue weighted by atomic mass is 10.1. The second-order valence-corrected chi connectivity index (χ2v) is 7.72. The summed E-state index contributed by atoms with van der Waals surface area (Å²) in [6, 6.07) is 9.92. The van der Waals surface area contributed by atoms with Crippen LogP contribution in [0.15, 0.2) is 46.3 Å². The molecule has 0 bridgehead atoms. The Labute approximate surface area is 166 Å². The third-order valence-electron chi connectivity index (χ3n) is 4.28. The molecule has 2 rings (SSSR count). The summed E-state index contributed by atoms with van der Waals surface area (Å²) < 4.78 is 42.6. The van der Waals surface area contributed by atoms with E-state index in [-0.39, 0.29) is 4.90 Å². The number of ether oxygens (including phenoxy) is 3. The monoisotopic (exact) mass is 406 g/mol. The molecule has 0 amide bonds. The van der Waals surface area contributed by atoms with E-state index < -0.39 is 10.0 Å². The van der Waals surface area contributed by atoms with Gasteiger partial charge in [-0.1, -0.05) is 13.8 Å². The highest BCUT2D eigenvalue weighted by Gasteiger charge is 2.21. The first kappa shape index (κ1) is 21.7. The quantitative estimate of drug-likeness (QED) is 0.596. The van der Waals surface area contributed by atoms with Gasteiger partial charge >= 0.3 is 0 Å². The number of aliphatic imine (C=N–C) groups is 1. The maximum atomic E-state index is 12.6. The van der Waals surface area contributed by atoms with Crippen LogP contribution in [-0.4, -0.2) is 53.4 Å². The molecular weight excluding hydrogens is 380 g/mol. The van der Waals surface area contributed by atoms with E-state index in [1.165, 1.54) is 4.31 Å². The first-order valence-corrected chi connectivity index (χ1v) is 10.3. The summed E-state index contributed by atoms with van der Waals surface area (Å²) in [4.78, 5) is 4.67. The molecule has 0 aliphatic heterocycles. The Bertz CT molecular complexity index is 895. The van der Waals surface area contributed by atoms with Crippen molar-refractivity contribution in [2.45, 2.75) is 18.7 Å². The van der Waals surface area contributed by atoms with Crippen LogP contribution in [0.25, 0.3) is 0 Å². The SMILES string of the molecule is CCN(CC)S(=O)(=O)c1ccc(N=Cc2c(OC)cc(OC)cc2OC)cc1. The Morgan fingerprint density at radius 1 is 0.929 bits per heavy atom. The highest BCUT2D eigenvalue weighted by Crippen LogP contribution is 2.33. The van der Waals surface area contributed by atoms with Gasteiger partial charge in [0.1, 0.15) is 17.2 Å². The van der Waals surface area contributed by atoms with Crippen LogP contribution in [-0.2, 0) is 10.0 Å². The topological polar surface area (TPSA) is 77.4 Å². The second-order valence-electron chi connectivity index (χ2n) is 5.79. The molecule has 8 heteroatoms. The van der Waals surface area contributed by atoms with Gasteiger partial charge in [-0.05, 0) is 24.3 Å². The lowest BCUT2D eigenvalue weighted by Crippen LogP contribution is -2.30. The van der Waals surface area contributed by atoms with E-state index in [4.69, 9.17) is 14.2 Å². The van der Waals surface area contributed by atoms with E-state index in [1.54, 1.807) is 63.9 Å². The van der Waals surface area contributed by atoms with Crippen molar-refractivity contribution < 1.29 is 22.6 Å². The molecule has 0 fully saturated rings. The van der Waals surface area contributed by atoms with Gasteiger partial charge in [0.15, 0.2) is 0 Å². The third kappa shape index (κ3) is 4.63. The first-order valence-electron chi connectivity index (χ1n) is 8.85. The van der Waals surface area contributed by atoms with Crippen LogP contribution < -0.4 is 14.2 Å². The first-order chi connectivity index (χ1) is 13.4. The van der Waals surface area contributed by atoms with Gasteiger partial charge in [0.2, 0.25) is 10.0 Å². The van der Waals surface area contributed by atoms with E-state index >= 15 is 0 Å². The van der Waals surface area contributed by atoms with Crippen molar-refractivity contribution in [1.29, 1.82) is 0 Å². The summed E-state index contributed by atoms with van der Waals surface area (Å²) in [5, 5.41) is 0. The zero-order chi connectivity index (χ0) is 20.7. The molecule has 2 aromatic carbocycles. The zero-order valence-electron chi connectivity index (χ0n) is 16.8. The lowest BCUT2D eigenvalue weighted by Gasteiger charge is -2.18. The number of sulfonamides is 1. The van der Waals surface area contributed by atoms with E-state index in [0.29, 0.717) is 41.6 Å². The molecule has 7 nitrogen and oxygen atoms in total. The molecule has 0 aliphatic rings. The van der Waals surface area contributed by atoms with Crippen LogP contribution in [0.5, 0.6) is 17.2 Å². The smallest absolute Gasteiger partial charge is 0.243 e. The Morgan fingerprint density at radius 3 is 1.89 bits per heavy atom. The fraction of sp³-hybridized carbons (Fsp3) is 0.350. The second kappa shape index (κ2) is 9.57. The van der Waals surface area contributed by atoms with Crippen LogP contribution in [0.4, 0.5) is 5.69 Å². The van der Waals surface area contributed by atoms with E-state index in [1.807, 2.05) is 13.8 Å². The highest BCUT2D eigenvalue weighted by atomic mass is 32.2. The number of hydrogen-bond acceptors (Lipinski definition) is 6. The Balaban J connectivity index is 2.34. The zero-order valence-corrected chi connectivity index (χ0v) is 17.6. The molecule has 0 radical (unpaired) electrons. The summed E-state index contributed by atoms with van der Waals surface area (Å²) in [6.45, 7) is 4.48. The summed E-state index contributed by atoms with van der Waals surface area (Å²) in [5.41, 5.74) is 1.27. The van der Waals surface area contributed by atoms with Crippen molar-refractivity contribution in [3.05, 3.63) is 42.0 Å². The molecule has 0 aliphatic carbocycles. The average Bonchev–Trinajstić information content (AvgIpc) is 2.72. The van der Waals surface area contributed by atoms with Crippen LogP contribution >= 0.6 is 0 Å². The lowest BCUT2D eigenvalue weighted by molar-refractivity contribution is 0.374. The third-order valence-corrected chi connectivity index (χ3v) is 6.34. The van der Waals surface area contributed by atoms with Crippen molar-refractivity contribution in [1.82, 2.24) is 4.31 Å². The largest absolute Gasteiger partial charge is 0.496 e. The van der Waals surface area contributed by atoms with Gasteiger partial charge in [-0.2, -0.15) is 4.31 Å². The van der Waals surface area contributed by atoms with Gasteiger partial charge < -0.3 is 14.2 Å². The Morgan fingerprint density at radius 2 is 1.46 bits per heavy atom. The summed E-state index contributed by atoms with van der Waals surface area (Å²) in [5.74, 6) is 1.72. The standard InChI is InChI=1S/C20H26N2O5S/c1-6-22(7-2)28(23,24)17-10-8-15(9-11-17)21-14-18-19(26-4)12-16(25-3)13-20(18)27-5/h8-14H,6-7H2,1-5H3. The summed E-state index contributed by atoms with van der Waals surface area (Å²) >= 11 is 0. The van der Waals surface area contributed by atoms with Crippen LogP contribution in [0.3, 0.4) is 0 Å². The van der Waals surface area contributed by atoms with E-state index in [9.17, 15) is 8.42 Å². The molecular formula is C20H26N2O5S. The fourth-order valence-corrected chi connectivity index (χ4v) is 4.17. The Kier molecular flexibility index (Phi) is 7.42. The van der Waals surface area contributed by atoms with E-state index in [0.717, 1.165) is 0 Å². The summed E-state index contributed by atoms with van der Waals surface area (Å²) in [6.07, 6.45) is 1.62. The van der Waals surface area contributed by atoms with Gasteiger partial charge in [-0.3, -0.25) is 4.99 Å². The normalized spacial score (nSPS) is 11.8. The molecule has 0 aromatic heterocycles. The van der Waals surface area contributed by atoms with Crippen molar-refractivity contribution in [3.8, 4) is 17.2 Å². The number of hydrogen-bond donors (Lipinski definition) is 0. The maximum Gasteiger partial charge on any atom is 0.243 e. The molecule has 0 heterocycles. The molecule has 0 saturated carbocycles. The average molecular weight is 407 g/mol. The summed E-state index contributed by atoms with van der Waals surface area (Å²) in [7, 11) is 1.19. The molecule has 0 N–H and O–H groups in total. The molecule has 0 atom stereocenters.